The molecular weight excluding hydrogens is 222 g/mol. The van der Waals surface area contributed by atoms with E-state index in [0.29, 0.717) is 17.4 Å². The van der Waals surface area contributed by atoms with Gasteiger partial charge >= 0.3 is 0 Å². The Labute approximate surface area is 91.7 Å². The van der Waals surface area contributed by atoms with Gasteiger partial charge in [0.25, 0.3) is 0 Å². The van der Waals surface area contributed by atoms with Crippen LogP contribution in [-0.4, -0.2) is 16.1 Å². The molecule has 0 saturated carbocycles. The van der Waals surface area contributed by atoms with Crippen molar-refractivity contribution in [3.05, 3.63) is 5.01 Å². The summed E-state index contributed by atoms with van der Waals surface area (Å²) < 4.78 is 0. The van der Waals surface area contributed by atoms with Gasteiger partial charge in [0, 0.05) is 6.42 Å². The number of unbranched alkanes of at least 4 members (excludes halogenated alkanes) is 1. The van der Waals surface area contributed by atoms with Gasteiger partial charge in [-0.3, -0.25) is 4.79 Å². The third-order valence-electron chi connectivity index (χ3n) is 1.58. The van der Waals surface area contributed by atoms with Gasteiger partial charge in [0.1, 0.15) is 5.01 Å². The van der Waals surface area contributed by atoms with Crippen LogP contribution < -0.4 is 5.32 Å². The third kappa shape index (κ3) is 3.59. The molecule has 6 heteroatoms. The van der Waals surface area contributed by atoms with Crippen LogP contribution in [0.5, 0.6) is 0 Å². The van der Waals surface area contributed by atoms with Gasteiger partial charge in [0.2, 0.25) is 11.0 Å². The zero-order valence-electron chi connectivity index (χ0n) is 7.92. The normalized spacial score (nSPS) is 10.1. The molecule has 0 aliphatic heterocycles. The predicted molar refractivity (Wildman–Crippen MR) is 57.6 cm³/mol. The number of nitrogens with zero attached hydrogens (tertiary/aromatic N) is 2. The number of hydrogen-bond donors (Lipinski definition) is 1. The fraction of sp³-hybridized carbons (Fsp3) is 0.625. The Balaban J connectivity index is 2.39. The van der Waals surface area contributed by atoms with E-state index in [9.17, 15) is 4.79 Å². The van der Waals surface area contributed by atoms with Crippen molar-refractivity contribution in [2.45, 2.75) is 32.1 Å². The predicted octanol–water partition coefficient (Wildman–Crippen LogP) is 2.41. The van der Waals surface area contributed by atoms with Crippen LogP contribution in [0.15, 0.2) is 0 Å². The Hall–Kier alpha value is -0.680. The summed E-state index contributed by atoms with van der Waals surface area (Å²) in [6.45, 7) is 2.05. The molecule has 0 bridgehead atoms. The first-order valence-corrected chi connectivity index (χ1v) is 5.79. The fourth-order valence-electron chi connectivity index (χ4n) is 0.877. The molecule has 4 nitrogen and oxygen atoms in total. The van der Waals surface area contributed by atoms with Crippen LogP contribution in [0, 0.1) is 0 Å². The lowest BCUT2D eigenvalue weighted by Gasteiger charge is -1.98. The third-order valence-corrected chi connectivity index (χ3v) is 2.84. The number of anilines is 1. The van der Waals surface area contributed by atoms with E-state index in [4.69, 9.17) is 11.6 Å². The SMILES string of the molecule is CCCCC(=O)Nc1nnc(CCl)s1. The summed E-state index contributed by atoms with van der Waals surface area (Å²) in [7, 11) is 0. The Morgan fingerprint density at radius 3 is 2.93 bits per heavy atom. The summed E-state index contributed by atoms with van der Waals surface area (Å²) in [6, 6.07) is 0. The quantitative estimate of drug-likeness (QED) is 0.795. The first kappa shape index (κ1) is 11.4. The van der Waals surface area contributed by atoms with Crippen molar-refractivity contribution in [2.75, 3.05) is 5.32 Å². The second-order valence-corrected chi connectivity index (χ2v) is 4.12. The van der Waals surface area contributed by atoms with E-state index >= 15 is 0 Å². The van der Waals surface area contributed by atoms with Crippen molar-refractivity contribution in [1.29, 1.82) is 0 Å². The van der Waals surface area contributed by atoms with Crippen LogP contribution >= 0.6 is 22.9 Å². The highest BCUT2D eigenvalue weighted by Gasteiger charge is 2.06. The first-order chi connectivity index (χ1) is 6.76. The maximum absolute atomic E-state index is 11.3. The highest BCUT2D eigenvalue weighted by Crippen LogP contribution is 2.16. The van der Waals surface area contributed by atoms with E-state index in [1.807, 2.05) is 6.92 Å². The molecular formula is C8H12ClN3OS. The highest BCUT2D eigenvalue weighted by atomic mass is 35.5. The van der Waals surface area contributed by atoms with Gasteiger partial charge in [0.15, 0.2) is 0 Å². The molecule has 1 heterocycles. The van der Waals surface area contributed by atoms with Crippen LogP contribution in [0.2, 0.25) is 0 Å². The molecule has 0 aromatic carbocycles. The highest BCUT2D eigenvalue weighted by molar-refractivity contribution is 7.15. The van der Waals surface area contributed by atoms with Crippen molar-refractivity contribution in [3.8, 4) is 0 Å². The van der Waals surface area contributed by atoms with Crippen molar-refractivity contribution in [3.63, 3.8) is 0 Å². The number of carbonyl (C=O) groups excluding carboxylic acids is 1. The zero-order chi connectivity index (χ0) is 10.4. The molecule has 0 fully saturated rings. The van der Waals surface area contributed by atoms with Crippen LogP contribution in [-0.2, 0) is 10.7 Å². The standard InChI is InChI=1S/C8H12ClN3OS/c1-2-3-4-6(13)10-8-12-11-7(5-9)14-8/h2-5H2,1H3,(H,10,12,13). The van der Waals surface area contributed by atoms with Gasteiger partial charge in [-0.15, -0.1) is 21.8 Å². The number of hydrogen-bond acceptors (Lipinski definition) is 4. The number of rotatable bonds is 5. The molecule has 0 radical (unpaired) electrons. The molecule has 1 rings (SSSR count). The number of alkyl halides is 1. The van der Waals surface area contributed by atoms with E-state index in [1.54, 1.807) is 0 Å². The summed E-state index contributed by atoms with van der Waals surface area (Å²) in [5, 5.41) is 11.5. The molecule has 0 aliphatic rings. The fourth-order valence-corrected chi connectivity index (χ4v) is 1.70. The number of carbonyl (C=O) groups is 1. The lowest BCUT2D eigenvalue weighted by Crippen LogP contribution is -2.10. The van der Waals surface area contributed by atoms with Gasteiger partial charge in [-0.1, -0.05) is 24.7 Å². The summed E-state index contributed by atoms with van der Waals surface area (Å²) in [4.78, 5) is 11.3. The first-order valence-electron chi connectivity index (χ1n) is 4.44. The van der Waals surface area contributed by atoms with Gasteiger partial charge < -0.3 is 5.32 Å². The van der Waals surface area contributed by atoms with Crippen LogP contribution in [0.1, 0.15) is 31.2 Å². The molecule has 0 atom stereocenters. The van der Waals surface area contributed by atoms with Gasteiger partial charge in [-0.05, 0) is 6.42 Å². The minimum atomic E-state index is -0.0101. The average molecular weight is 234 g/mol. The number of halogens is 1. The minimum Gasteiger partial charge on any atom is -0.301 e. The van der Waals surface area contributed by atoms with Crippen LogP contribution in [0.3, 0.4) is 0 Å². The van der Waals surface area contributed by atoms with E-state index < -0.39 is 0 Å². The van der Waals surface area contributed by atoms with E-state index in [0.717, 1.165) is 17.8 Å². The maximum atomic E-state index is 11.3. The second-order valence-electron chi connectivity index (χ2n) is 2.79. The average Bonchev–Trinajstić information content (AvgIpc) is 2.62. The molecule has 0 saturated heterocycles. The molecule has 14 heavy (non-hydrogen) atoms. The molecule has 1 amide bonds. The van der Waals surface area contributed by atoms with Crippen LogP contribution in [0.4, 0.5) is 5.13 Å². The molecule has 78 valence electrons. The molecule has 0 spiro atoms. The number of nitrogens with one attached hydrogen (secondary N) is 1. The van der Waals surface area contributed by atoms with Crippen molar-refractivity contribution < 1.29 is 4.79 Å². The maximum Gasteiger partial charge on any atom is 0.226 e. The number of amides is 1. The topological polar surface area (TPSA) is 54.9 Å². The van der Waals surface area contributed by atoms with Crippen molar-refractivity contribution >= 4 is 34.0 Å². The lowest BCUT2D eigenvalue weighted by atomic mass is 10.2. The molecule has 0 aliphatic carbocycles. The van der Waals surface area contributed by atoms with Crippen LogP contribution in [0.25, 0.3) is 0 Å². The summed E-state index contributed by atoms with van der Waals surface area (Å²) in [5.41, 5.74) is 0. The van der Waals surface area contributed by atoms with Gasteiger partial charge in [0.05, 0.1) is 5.88 Å². The smallest absolute Gasteiger partial charge is 0.226 e. The van der Waals surface area contributed by atoms with E-state index in [-0.39, 0.29) is 5.91 Å². The Kier molecular flexibility index (Phi) is 4.82. The van der Waals surface area contributed by atoms with Crippen molar-refractivity contribution in [2.24, 2.45) is 0 Å². The van der Waals surface area contributed by atoms with Crippen molar-refractivity contribution in [1.82, 2.24) is 10.2 Å². The largest absolute Gasteiger partial charge is 0.301 e. The minimum absolute atomic E-state index is 0.0101. The summed E-state index contributed by atoms with van der Waals surface area (Å²) in [6.07, 6.45) is 2.44. The summed E-state index contributed by atoms with van der Waals surface area (Å²) in [5.74, 6) is 0.326. The molecule has 0 unspecified atom stereocenters. The monoisotopic (exact) mass is 233 g/mol. The summed E-state index contributed by atoms with van der Waals surface area (Å²) >= 11 is 6.86. The Morgan fingerprint density at radius 1 is 1.57 bits per heavy atom. The van der Waals surface area contributed by atoms with Gasteiger partial charge in [-0.25, -0.2) is 0 Å². The molecule has 1 N–H and O–H groups in total. The molecule has 1 aromatic rings. The van der Waals surface area contributed by atoms with E-state index in [2.05, 4.69) is 15.5 Å². The molecule has 1 aromatic heterocycles. The lowest BCUT2D eigenvalue weighted by molar-refractivity contribution is -0.116. The van der Waals surface area contributed by atoms with E-state index in [1.165, 1.54) is 11.3 Å². The Morgan fingerprint density at radius 2 is 2.36 bits per heavy atom. The zero-order valence-corrected chi connectivity index (χ0v) is 9.49. The second kappa shape index (κ2) is 5.93. The van der Waals surface area contributed by atoms with Gasteiger partial charge in [-0.2, -0.15) is 0 Å². The Bertz CT molecular complexity index is 303. The number of aromatic nitrogens is 2.